The highest BCUT2D eigenvalue weighted by atomic mass is 16.5. The number of amides is 1. The van der Waals surface area contributed by atoms with Crippen LogP contribution in [0, 0.1) is 6.92 Å². The fourth-order valence-electron chi connectivity index (χ4n) is 3.13. The minimum atomic E-state index is -0.603. The third-order valence-electron chi connectivity index (χ3n) is 4.46. The summed E-state index contributed by atoms with van der Waals surface area (Å²) in [7, 11) is 0. The van der Waals surface area contributed by atoms with Gasteiger partial charge in [-0.3, -0.25) is 4.79 Å². The van der Waals surface area contributed by atoms with Crippen LogP contribution in [0.1, 0.15) is 26.3 Å². The van der Waals surface area contributed by atoms with Crippen LogP contribution >= 0.6 is 0 Å². The second-order valence-electron chi connectivity index (χ2n) is 7.13. The quantitative estimate of drug-likeness (QED) is 0.875. The maximum atomic E-state index is 12.4. The minimum absolute atomic E-state index is 0.176. The van der Waals surface area contributed by atoms with E-state index in [0.717, 1.165) is 24.5 Å². The van der Waals surface area contributed by atoms with E-state index in [1.807, 2.05) is 43.3 Å². The van der Waals surface area contributed by atoms with E-state index in [-0.39, 0.29) is 18.1 Å². The topological polar surface area (TPSA) is 63.7 Å². The van der Waals surface area contributed by atoms with Gasteiger partial charge >= 0.3 is 0 Å². The van der Waals surface area contributed by atoms with Crippen LogP contribution in [-0.4, -0.2) is 42.3 Å². The van der Waals surface area contributed by atoms with Crippen LogP contribution < -0.4 is 15.0 Å². The molecule has 1 fully saturated rings. The zero-order chi connectivity index (χ0) is 19.4. The third-order valence-corrected chi connectivity index (χ3v) is 4.46. The lowest BCUT2D eigenvalue weighted by molar-refractivity contribution is -0.122. The smallest absolute Gasteiger partial charge is 0.265 e. The number of nitrogens with zero attached hydrogens (tertiary/aromatic N) is 2. The van der Waals surface area contributed by atoms with Crippen LogP contribution in [0.4, 0.5) is 11.5 Å². The molecular formula is C21H27N3O3. The molecule has 1 amide bonds. The highest BCUT2D eigenvalue weighted by Gasteiger charge is 2.23. The van der Waals surface area contributed by atoms with E-state index >= 15 is 0 Å². The molecule has 0 radical (unpaired) electrons. The maximum Gasteiger partial charge on any atom is 0.265 e. The number of hydrogen-bond donors (Lipinski definition) is 1. The average molecular weight is 369 g/mol. The van der Waals surface area contributed by atoms with Gasteiger partial charge in [0.2, 0.25) is 0 Å². The molecule has 1 N–H and O–H groups in total. The highest BCUT2D eigenvalue weighted by Crippen LogP contribution is 2.20. The number of carbonyl (C=O) groups excluding carboxylic acids is 1. The number of ether oxygens (including phenoxy) is 2. The van der Waals surface area contributed by atoms with Crippen molar-refractivity contribution in [1.82, 2.24) is 4.98 Å². The standard InChI is InChI=1S/C21H27N3O3/c1-14-5-8-19(9-6-14)27-17(4)21(25)23-18-7-10-20(22-11-18)24-12-15(2)26-16(3)13-24/h5-11,15-17H,12-13H2,1-4H3,(H,23,25). The average Bonchev–Trinajstić information content (AvgIpc) is 2.63. The summed E-state index contributed by atoms with van der Waals surface area (Å²) in [4.78, 5) is 19.1. The van der Waals surface area contributed by atoms with Gasteiger partial charge in [0.25, 0.3) is 5.91 Å². The van der Waals surface area contributed by atoms with E-state index in [1.54, 1.807) is 13.1 Å². The molecule has 1 saturated heterocycles. The molecule has 0 aliphatic carbocycles. The Bertz CT molecular complexity index is 751. The number of aromatic nitrogens is 1. The fraction of sp³-hybridized carbons (Fsp3) is 0.429. The number of aryl methyl sites for hydroxylation is 1. The zero-order valence-electron chi connectivity index (χ0n) is 16.3. The minimum Gasteiger partial charge on any atom is -0.481 e. The van der Waals surface area contributed by atoms with Crippen molar-refractivity contribution >= 4 is 17.4 Å². The van der Waals surface area contributed by atoms with Gasteiger partial charge < -0.3 is 19.7 Å². The summed E-state index contributed by atoms with van der Waals surface area (Å²) in [5.41, 5.74) is 1.80. The van der Waals surface area contributed by atoms with Crippen molar-refractivity contribution in [2.75, 3.05) is 23.3 Å². The summed E-state index contributed by atoms with van der Waals surface area (Å²) in [5.74, 6) is 1.35. The second-order valence-corrected chi connectivity index (χ2v) is 7.13. The largest absolute Gasteiger partial charge is 0.481 e. The Morgan fingerprint density at radius 3 is 2.44 bits per heavy atom. The first-order chi connectivity index (χ1) is 12.9. The molecule has 1 aliphatic rings. The normalized spacial score (nSPS) is 20.8. The lowest BCUT2D eigenvalue weighted by Gasteiger charge is -2.36. The number of benzene rings is 1. The van der Waals surface area contributed by atoms with Crippen molar-refractivity contribution in [3.8, 4) is 5.75 Å². The molecule has 2 aromatic rings. The highest BCUT2D eigenvalue weighted by molar-refractivity contribution is 5.94. The first kappa shape index (κ1) is 19.2. The SMILES string of the molecule is Cc1ccc(OC(C)C(=O)Nc2ccc(N3CC(C)OC(C)C3)nc2)cc1. The first-order valence-electron chi connectivity index (χ1n) is 9.31. The van der Waals surface area contributed by atoms with Gasteiger partial charge in [-0.05, 0) is 52.0 Å². The van der Waals surface area contributed by atoms with Crippen molar-refractivity contribution < 1.29 is 14.3 Å². The number of morpholine rings is 1. The van der Waals surface area contributed by atoms with Gasteiger partial charge in [0.05, 0.1) is 24.1 Å². The summed E-state index contributed by atoms with van der Waals surface area (Å²) in [6, 6.07) is 11.4. The Morgan fingerprint density at radius 1 is 1.19 bits per heavy atom. The monoisotopic (exact) mass is 369 g/mol. The number of anilines is 2. The molecule has 6 nitrogen and oxygen atoms in total. The molecule has 1 aromatic heterocycles. The number of carbonyl (C=O) groups is 1. The molecule has 0 spiro atoms. The van der Waals surface area contributed by atoms with Crippen molar-refractivity contribution in [3.05, 3.63) is 48.2 Å². The molecule has 0 saturated carbocycles. The lowest BCUT2D eigenvalue weighted by Crippen LogP contribution is -2.45. The summed E-state index contributed by atoms with van der Waals surface area (Å²) in [6.07, 6.45) is 1.43. The van der Waals surface area contributed by atoms with Gasteiger partial charge in [0.15, 0.2) is 6.10 Å². The zero-order valence-corrected chi connectivity index (χ0v) is 16.3. The van der Waals surface area contributed by atoms with Gasteiger partial charge in [-0.15, -0.1) is 0 Å². The maximum absolute atomic E-state index is 12.4. The van der Waals surface area contributed by atoms with E-state index in [1.165, 1.54) is 0 Å². The summed E-state index contributed by atoms with van der Waals surface area (Å²) in [5, 5.41) is 2.85. The molecule has 1 aromatic carbocycles. The molecule has 0 bridgehead atoms. The van der Waals surface area contributed by atoms with Crippen molar-refractivity contribution in [1.29, 1.82) is 0 Å². The predicted octanol–water partition coefficient (Wildman–Crippen LogP) is 3.41. The van der Waals surface area contributed by atoms with E-state index in [0.29, 0.717) is 11.4 Å². The van der Waals surface area contributed by atoms with Gasteiger partial charge in [0.1, 0.15) is 11.6 Å². The molecule has 3 atom stereocenters. The van der Waals surface area contributed by atoms with Crippen LogP contribution in [0.3, 0.4) is 0 Å². The second kappa shape index (κ2) is 8.39. The van der Waals surface area contributed by atoms with Gasteiger partial charge in [-0.1, -0.05) is 17.7 Å². The van der Waals surface area contributed by atoms with Gasteiger partial charge in [-0.25, -0.2) is 4.98 Å². The molecule has 3 unspecified atom stereocenters. The van der Waals surface area contributed by atoms with Crippen LogP contribution in [0.15, 0.2) is 42.6 Å². The van der Waals surface area contributed by atoms with Crippen molar-refractivity contribution in [2.24, 2.45) is 0 Å². The van der Waals surface area contributed by atoms with E-state index in [2.05, 4.69) is 29.0 Å². The van der Waals surface area contributed by atoms with Crippen LogP contribution in [-0.2, 0) is 9.53 Å². The Labute approximate surface area is 160 Å². The summed E-state index contributed by atoms with van der Waals surface area (Å²) >= 11 is 0. The Balaban J connectivity index is 1.57. The lowest BCUT2D eigenvalue weighted by atomic mass is 10.2. The molecular weight excluding hydrogens is 342 g/mol. The number of nitrogens with one attached hydrogen (secondary N) is 1. The Kier molecular flexibility index (Phi) is 5.96. The van der Waals surface area contributed by atoms with Crippen LogP contribution in [0.25, 0.3) is 0 Å². The summed E-state index contributed by atoms with van der Waals surface area (Å²) in [6.45, 7) is 9.48. The first-order valence-corrected chi connectivity index (χ1v) is 9.31. The van der Waals surface area contributed by atoms with E-state index < -0.39 is 6.10 Å². The van der Waals surface area contributed by atoms with Crippen molar-refractivity contribution in [3.63, 3.8) is 0 Å². The molecule has 2 heterocycles. The van der Waals surface area contributed by atoms with Gasteiger partial charge in [-0.2, -0.15) is 0 Å². The van der Waals surface area contributed by atoms with Gasteiger partial charge in [0, 0.05) is 13.1 Å². The summed E-state index contributed by atoms with van der Waals surface area (Å²) < 4.78 is 11.4. The predicted molar refractivity (Wildman–Crippen MR) is 106 cm³/mol. The molecule has 6 heteroatoms. The number of hydrogen-bond acceptors (Lipinski definition) is 5. The van der Waals surface area contributed by atoms with E-state index in [9.17, 15) is 4.79 Å². The Hall–Kier alpha value is -2.60. The molecule has 27 heavy (non-hydrogen) atoms. The fourth-order valence-corrected chi connectivity index (χ4v) is 3.13. The molecule has 144 valence electrons. The van der Waals surface area contributed by atoms with Crippen LogP contribution in [0.2, 0.25) is 0 Å². The third kappa shape index (κ3) is 5.20. The number of pyridine rings is 1. The van der Waals surface area contributed by atoms with Crippen molar-refractivity contribution in [2.45, 2.75) is 46.0 Å². The molecule has 1 aliphatic heterocycles. The number of rotatable bonds is 5. The van der Waals surface area contributed by atoms with Crippen LogP contribution in [0.5, 0.6) is 5.75 Å². The van der Waals surface area contributed by atoms with E-state index in [4.69, 9.17) is 9.47 Å². The molecule has 3 rings (SSSR count). The Morgan fingerprint density at radius 2 is 1.85 bits per heavy atom.